The molecule has 0 bridgehead atoms. The van der Waals surface area contributed by atoms with Crippen LogP contribution in [0, 0.1) is 5.92 Å². The number of nitrogens with one attached hydrogen (secondary N) is 1. The van der Waals surface area contributed by atoms with Crippen molar-refractivity contribution < 1.29 is 0 Å². The van der Waals surface area contributed by atoms with E-state index < -0.39 is 0 Å². The van der Waals surface area contributed by atoms with Gasteiger partial charge in [-0.3, -0.25) is 0 Å². The van der Waals surface area contributed by atoms with Gasteiger partial charge in [-0.1, -0.05) is 26.8 Å². The molecule has 1 rings (SSSR count). The zero-order valence-electron chi connectivity index (χ0n) is 8.71. The van der Waals surface area contributed by atoms with Crippen molar-refractivity contribution in [1.29, 1.82) is 0 Å². The van der Waals surface area contributed by atoms with E-state index in [9.17, 15) is 0 Å². The fraction of sp³-hybridized carbons (Fsp3) is 0.636. The van der Waals surface area contributed by atoms with Gasteiger partial charge >= 0.3 is 0 Å². The Morgan fingerprint density at radius 2 is 2.23 bits per heavy atom. The molecule has 74 valence electrons. The molecule has 0 aliphatic rings. The van der Waals surface area contributed by atoms with E-state index in [0.717, 1.165) is 12.5 Å². The highest BCUT2D eigenvalue weighted by molar-refractivity contribution is 7.10. The van der Waals surface area contributed by atoms with Crippen molar-refractivity contribution in [2.45, 2.75) is 33.2 Å². The number of thiophene rings is 1. The second-order valence-electron chi connectivity index (χ2n) is 3.78. The van der Waals surface area contributed by atoms with E-state index in [-0.39, 0.29) is 0 Å². The second kappa shape index (κ2) is 5.40. The largest absolute Gasteiger partial charge is 0.309 e. The van der Waals surface area contributed by atoms with E-state index in [1.165, 1.54) is 11.3 Å². The van der Waals surface area contributed by atoms with Crippen molar-refractivity contribution in [3.63, 3.8) is 0 Å². The third kappa shape index (κ3) is 3.49. The molecule has 2 heteroatoms. The van der Waals surface area contributed by atoms with Crippen LogP contribution in [0.5, 0.6) is 0 Å². The maximum absolute atomic E-state index is 3.58. The van der Waals surface area contributed by atoms with Gasteiger partial charge in [0.25, 0.3) is 0 Å². The molecule has 1 aromatic heterocycles. The van der Waals surface area contributed by atoms with Crippen molar-refractivity contribution >= 4 is 11.3 Å². The van der Waals surface area contributed by atoms with E-state index in [1.807, 2.05) is 11.3 Å². The van der Waals surface area contributed by atoms with Crippen molar-refractivity contribution in [3.8, 4) is 0 Å². The summed E-state index contributed by atoms with van der Waals surface area (Å²) in [6.07, 6.45) is 1.17. The average Bonchev–Trinajstić information content (AvgIpc) is 2.58. The monoisotopic (exact) mass is 197 g/mol. The van der Waals surface area contributed by atoms with Crippen LogP contribution in [-0.2, 0) is 0 Å². The van der Waals surface area contributed by atoms with Gasteiger partial charge in [0.1, 0.15) is 0 Å². The average molecular weight is 197 g/mol. The molecule has 0 aliphatic heterocycles. The predicted octanol–water partition coefficient (Wildman–Crippen LogP) is 3.44. The van der Waals surface area contributed by atoms with Crippen molar-refractivity contribution in [3.05, 3.63) is 22.4 Å². The Balaban J connectivity index is 2.44. The molecular formula is C11H19NS. The van der Waals surface area contributed by atoms with Gasteiger partial charge in [0.2, 0.25) is 0 Å². The molecule has 0 aliphatic carbocycles. The summed E-state index contributed by atoms with van der Waals surface area (Å²) in [6.45, 7) is 7.83. The van der Waals surface area contributed by atoms with Crippen molar-refractivity contribution in [2.24, 2.45) is 5.92 Å². The third-order valence-electron chi connectivity index (χ3n) is 2.07. The van der Waals surface area contributed by atoms with E-state index in [1.54, 1.807) is 0 Å². The molecule has 0 fully saturated rings. The SMILES string of the molecule is CCC(NCC(C)C)c1cccs1. The molecule has 0 spiro atoms. The topological polar surface area (TPSA) is 12.0 Å². The van der Waals surface area contributed by atoms with E-state index in [0.29, 0.717) is 6.04 Å². The van der Waals surface area contributed by atoms with Gasteiger partial charge < -0.3 is 5.32 Å². The molecule has 0 saturated heterocycles. The standard InChI is InChI=1S/C11H19NS/c1-4-10(12-8-9(2)3)11-6-5-7-13-11/h5-7,9-10,12H,4,8H2,1-3H3. The summed E-state index contributed by atoms with van der Waals surface area (Å²) in [5, 5.41) is 5.73. The second-order valence-corrected chi connectivity index (χ2v) is 4.76. The van der Waals surface area contributed by atoms with E-state index >= 15 is 0 Å². The quantitative estimate of drug-likeness (QED) is 0.762. The highest BCUT2D eigenvalue weighted by Gasteiger charge is 2.09. The zero-order chi connectivity index (χ0) is 9.68. The molecular weight excluding hydrogens is 178 g/mol. The lowest BCUT2D eigenvalue weighted by Crippen LogP contribution is -2.24. The van der Waals surface area contributed by atoms with Crippen LogP contribution in [0.25, 0.3) is 0 Å². The summed E-state index contributed by atoms with van der Waals surface area (Å²) in [7, 11) is 0. The number of hydrogen-bond acceptors (Lipinski definition) is 2. The first-order chi connectivity index (χ1) is 6.24. The van der Waals surface area contributed by atoms with Gasteiger partial charge in [0, 0.05) is 10.9 Å². The molecule has 0 amide bonds. The number of rotatable bonds is 5. The van der Waals surface area contributed by atoms with Crippen LogP contribution in [0.4, 0.5) is 0 Å². The summed E-state index contributed by atoms with van der Waals surface area (Å²) in [6, 6.07) is 4.90. The molecule has 1 unspecified atom stereocenters. The van der Waals surface area contributed by atoms with Gasteiger partial charge in [-0.25, -0.2) is 0 Å². The Hall–Kier alpha value is -0.340. The molecule has 1 nitrogen and oxygen atoms in total. The fourth-order valence-corrected chi connectivity index (χ4v) is 2.20. The normalized spacial score (nSPS) is 13.5. The molecule has 0 saturated carbocycles. The van der Waals surface area contributed by atoms with Gasteiger partial charge in [-0.15, -0.1) is 11.3 Å². The van der Waals surface area contributed by atoms with E-state index in [2.05, 4.69) is 43.6 Å². The smallest absolute Gasteiger partial charge is 0.0412 e. The Labute approximate surface area is 85.2 Å². The maximum Gasteiger partial charge on any atom is 0.0412 e. The van der Waals surface area contributed by atoms with Crippen LogP contribution >= 0.6 is 11.3 Å². The zero-order valence-corrected chi connectivity index (χ0v) is 9.53. The van der Waals surface area contributed by atoms with Crippen LogP contribution < -0.4 is 5.32 Å². The fourth-order valence-electron chi connectivity index (χ4n) is 1.31. The Kier molecular flexibility index (Phi) is 4.46. The lowest BCUT2D eigenvalue weighted by molar-refractivity contribution is 0.469. The highest BCUT2D eigenvalue weighted by atomic mass is 32.1. The van der Waals surface area contributed by atoms with E-state index in [4.69, 9.17) is 0 Å². The molecule has 1 N–H and O–H groups in total. The van der Waals surface area contributed by atoms with Crippen LogP contribution in [0.15, 0.2) is 17.5 Å². The first-order valence-electron chi connectivity index (χ1n) is 5.00. The van der Waals surface area contributed by atoms with Crippen molar-refractivity contribution in [1.82, 2.24) is 5.32 Å². The summed E-state index contributed by atoms with van der Waals surface area (Å²) < 4.78 is 0. The molecule has 13 heavy (non-hydrogen) atoms. The van der Waals surface area contributed by atoms with Crippen LogP contribution in [0.1, 0.15) is 38.1 Å². The summed E-state index contributed by atoms with van der Waals surface area (Å²) in [5.41, 5.74) is 0. The first kappa shape index (κ1) is 10.7. The highest BCUT2D eigenvalue weighted by Crippen LogP contribution is 2.21. The van der Waals surface area contributed by atoms with Crippen LogP contribution in [-0.4, -0.2) is 6.54 Å². The summed E-state index contributed by atoms with van der Waals surface area (Å²) in [5.74, 6) is 0.731. The minimum absolute atomic E-state index is 0.558. The van der Waals surface area contributed by atoms with Crippen LogP contribution in [0.2, 0.25) is 0 Å². The van der Waals surface area contributed by atoms with Crippen molar-refractivity contribution in [2.75, 3.05) is 6.54 Å². The number of hydrogen-bond donors (Lipinski definition) is 1. The molecule has 1 aromatic rings. The lowest BCUT2D eigenvalue weighted by atomic mass is 10.1. The molecule has 1 heterocycles. The Bertz CT molecular complexity index is 216. The maximum atomic E-state index is 3.58. The van der Waals surface area contributed by atoms with Gasteiger partial charge in [0.15, 0.2) is 0 Å². The van der Waals surface area contributed by atoms with Gasteiger partial charge in [0.05, 0.1) is 0 Å². The predicted molar refractivity (Wildman–Crippen MR) is 60.2 cm³/mol. The molecule has 0 radical (unpaired) electrons. The van der Waals surface area contributed by atoms with Gasteiger partial charge in [-0.05, 0) is 30.3 Å². The summed E-state index contributed by atoms with van der Waals surface area (Å²) in [4.78, 5) is 1.46. The minimum Gasteiger partial charge on any atom is -0.309 e. The van der Waals surface area contributed by atoms with Crippen LogP contribution in [0.3, 0.4) is 0 Å². The lowest BCUT2D eigenvalue weighted by Gasteiger charge is -2.16. The third-order valence-corrected chi connectivity index (χ3v) is 3.05. The minimum atomic E-state index is 0.558. The summed E-state index contributed by atoms with van der Waals surface area (Å²) >= 11 is 1.84. The van der Waals surface area contributed by atoms with Gasteiger partial charge in [-0.2, -0.15) is 0 Å². The Morgan fingerprint density at radius 1 is 1.46 bits per heavy atom. The molecule has 0 aromatic carbocycles. The molecule has 1 atom stereocenters. The first-order valence-corrected chi connectivity index (χ1v) is 5.88. The Morgan fingerprint density at radius 3 is 2.69 bits per heavy atom.